The van der Waals surface area contributed by atoms with Crippen molar-refractivity contribution < 1.29 is 14.7 Å². The summed E-state index contributed by atoms with van der Waals surface area (Å²) < 4.78 is 0. The molecule has 0 heterocycles. The number of halogens is 2. The molecule has 2 aromatic carbocycles. The summed E-state index contributed by atoms with van der Waals surface area (Å²) in [5.41, 5.74) is 1.31. The van der Waals surface area contributed by atoms with Crippen molar-refractivity contribution >= 4 is 35.0 Å². The van der Waals surface area contributed by atoms with Gasteiger partial charge in [0, 0.05) is 15.6 Å². The zero-order valence-electron chi connectivity index (χ0n) is 10.5. The van der Waals surface area contributed by atoms with Crippen LogP contribution in [0.5, 0.6) is 0 Å². The Morgan fingerprint density at radius 2 is 1.35 bits per heavy atom. The molecule has 1 N–H and O–H groups in total. The van der Waals surface area contributed by atoms with Gasteiger partial charge in [-0.3, -0.25) is 4.79 Å². The lowest BCUT2D eigenvalue weighted by molar-refractivity contribution is 0.0697. The smallest absolute Gasteiger partial charge is 0.336 e. The zero-order chi connectivity index (χ0) is 14.9. The van der Waals surface area contributed by atoms with Crippen LogP contribution in [0.1, 0.15) is 27.6 Å². The molecule has 0 spiro atoms. The monoisotopic (exact) mass is 308 g/mol. The van der Waals surface area contributed by atoms with E-state index in [1.54, 1.807) is 18.2 Å². The van der Waals surface area contributed by atoms with Gasteiger partial charge in [-0.2, -0.15) is 0 Å². The largest absolute Gasteiger partial charge is 0.478 e. The number of Topliss-reactive ketones (excluding diaryl/α,β-unsaturated/α-hetero) is 1. The Hall–Kier alpha value is -1.84. The standard InChI is InChI=1S/C15H10Cl2O3/c1-8(18)11-4-2-9(16)6-13(11)14-7-10(17)3-5-12(14)15(19)20/h2-7H,1H3,(H,19,20). The van der Waals surface area contributed by atoms with Gasteiger partial charge in [-0.1, -0.05) is 23.2 Å². The third-order valence-corrected chi connectivity index (χ3v) is 3.33. The molecular formula is C15H10Cl2O3. The number of hydrogen-bond donors (Lipinski definition) is 1. The molecule has 102 valence electrons. The first-order chi connectivity index (χ1) is 9.40. The Morgan fingerprint density at radius 1 is 0.900 bits per heavy atom. The van der Waals surface area contributed by atoms with Gasteiger partial charge < -0.3 is 5.11 Å². The molecule has 0 saturated carbocycles. The van der Waals surface area contributed by atoms with E-state index in [2.05, 4.69) is 0 Å². The molecule has 0 unspecified atom stereocenters. The molecule has 0 aliphatic carbocycles. The van der Waals surface area contributed by atoms with Crippen molar-refractivity contribution in [1.82, 2.24) is 0 Å². The van der Waals surface area contributed by atoms with E-state index in [9.17, 15) is 14.7 Å². The van der Waals surface area contributed by atoms with E-state index in [1.165, 1.54) is 25.1 Å². The minimum atomic E-state index is -1.09. The maximum Gasteiger partial charge on any atom is 0.336 e. The first-order valence-electron chi connectivity index (χ1n) is 5.74. The molecule has 0 saturated heterocycles. The van der Waals surface area contributed by atoms with E-state index in [4.69, 9.17) is 23.2 Å². The highest BCUT2D eigenvalue weighted by Gasteiger charge is 2.17. The van der Waals surface area contributed by atoms with E-state index >= 15 is 0 Å². The lowest BCUT2D eigenvalue weighted by Gasteiger charge is -2.11. The zero-order valence-corrected chi connectivity index (χ0v) is 12.0. The molecule has 0 amide bonds. The van der Waals surface area contributed by atoms with Crippen LogP contribution in [-0.2, 0) is 0 Å². The minimum Gasteiger partial charge on any atom is -0.478 e. The van der Waals surface area contributed by atoms with Gasteiger partial charge in [-0.05, 0) is 54.4 Å². The van der Waals surface area contributed by atoms with Crippen LogP contribution < -0.4 is 0 Å². The van der Waals surface area contributed by atoms with E-state index in [0.717, 1.165) is 0 Å². The van der Waals surface area contributed by atoms with Crippen LogP contribution in [-0.4, -0.2) is 16.9 Å². The molecule has 20 heavy (non-hydrogen) atoms. The third kappa shape index (κ3) is 2.84. The second-order valence-electron chi connectivity index (χ2n) is 4.24. The molecule has 2 aromatic rings. The Morgan fingerprint density at radius 3 is 1.80 bits per heavy atom. The fraction of sp³-hybridized carbons (Fsp3) is 0.0667. The SMILES string of the molecule is CC(=O)c1ccc(Cl)cc1-c1cc(Cl)ccc1C(=O)O. The molecule has 0 bridgehead atoms. The number of carboxylic acid groups (broad SMARTS) is 1. The summed E-state index contributed by atoms with van der Waals surface area (Å²) in [6, 6.07) is 9.15. The molecule has 0 aromatic heterocycles. The maximum atomic E-state index is 11.7. The van der Waals surface area contributed by atoms with Gasteiger partial charge in [0.05, 0.1) is 5.56 Å². The average Bonchev–Trinajstić information content (AvgIpc) is 2.37. The number of carbonyl (C=O) groups is 2. The van der Waals surface area contributed by atoms with Gasteiger partial charge in [0.25, 0.3) is 0 Å². The van der Waals surface area contributed by atoms with Crippen LogP contribution in [0.4, 0.5) is 0 Å². The van der Waals surface area contributed by atoms with Gasteiger partial charge in [-0.25, -0.2) is 4.79 Å². The fourth-order valence-electron chi connectivity index (χ4n) is 1.97. The molecule has 0 fully saturated rings. The van der Waals surface area contributed by atoms with Gasteiger partial charge >= 0.3 is 5.97 Å². The molecule has 0 radical (unpaired) electrons. The Bertz CT molecular complexity index is 647. The maximum absolute atomic E-state index is 11.7. The number of ketones is 1. The van der Waals surface area contributed by atoms with Crippen molar-refractivity contribution in [2.45, 2.75) is 6.92 Å². The Kier molecular flexibility index (Phi) is 4.12. The van der Waals surface area contributed by atoms with E-state index in [0.29, 0.717) is 26.7 Å². The summed E-state index contributed by atoms with van der Waals surface area (Å²) >= 11 is 11.9. The fourth-order valence-corrected chi connectivity index (χ4v) is 2.32. The highest BCUT2D eigenvalue weighted by atomic mass is 35.5. The Balaban J connectivity index is 2.79. The number of carbonyl (C=O) groups excluding carboxylic acids is 1. The summed E-state index contributed by atoms with van der Waals surface area (Å²) in [4.78, 5) is 23.0. The molecule has 0 atom stereocenters. The Labute approximate surface area is 125 Å². The minimum absolute atomic E-state index is 0.0687. The van der Waals surface area contributed by atoms with Crippen molar-refractivity contribution in [3.05, 3.63) is 57.6 Å². The molecule has 0 aliphatic rings. The summed E-state index contributed by atoms with van der Waals surface area (Å²) in [5, 5.41) is 10.1. The number of hydrogen-bond acceptors (Lipinski definition) is 2. The van der Waals surface area contributed by atoms with Crippen molar-refractivity contribution in [1.29, 1.82) is 0 Å². The van der Waals surface area contributed by atoms with Gasteiger partial charge in [0.2, 0.25) is 0 Å². The van der Waals surface area contributed by atoms with E-state index < -0.39 is 5.97 Å². The highest BCUT2D eigenvalue weighted by Crippen LogP contribution is 2.32. The van der Waals surface area contributed by atoms with Crippen LogP contribution in [0.15, 0.2) is 36.4 Å². The van der Waals surface area contributed by atoms with Crippen molar-refractivity contribution in [3.8, 4) is 11.1 Å². The summed E-state index contributed by atoms with van der Waals surface area (Å²) in [6.45, 7) is 1.41. The normalized spacial score (nSPS) is 10.3. The summed E-state index contributed by atoms with van der Waals surface area (Å²) in [6.07, 6.45) is 0. The van der Waals surface area contributed by atoms with Crippen LogP contribution in [0.2, 0.25) is 10.0 Å². The number of carboxylic acids is 1. The van der Waals surface area contributed by atoms with Crippen molar-refractivity contribution in [2.75, 3.05) is 0 Å². The average molecular weight is 309 g/mol. The lowest BCUT2D eigenvalue weighted by atomic mass is 9.94. The topological polar surface area (TPSA) is 54.4 Å². The molecule has 5 heteroatoms. The molecule has 0 aliphatic heterocycles. The van der Waals surface area contributed by atoms with E-state index in [-0.39, 0.29) is 11.3 Å². The van der Waals surface area contributed by atoms with Crippen LogP contribution in [0, 0.1) is 0 Å². The van der Waals surface area contributed by atoms with Gasteiger partial charge in [-0.15, -0.1) is 0 Å². The van der Waals surface area contributed by atoms with Crippen molar-refractivity contribution in [3.63, 3.8) is 0 Å². The van der Waals surface area contributed by atoms with Gasteiger partial charge in [0.15, 0.2) is 5.78 Å². The number of benzene rings is 2. The lowest BCUT2D eigenvalue weighted by Crippen LogP contribution is -2.03. The number of aromatic carboxylic acids is 1. The predicted octanol–water partition coefficient (Wildman–Crippen LogP) is 4.56. The van der Waals surface area contributed by atoms with Crippen LogP contribution in [0.25, 0.3) is 11.1 Å². The predicted molar refractivity (Wildman–Crippen MR) is 78.9 cm³/mol. The van der Waals surface area contributed by atoms with Crippen LogP contribution >= 0.6 is 23.2 Å². The second-order valence-corrected chi connectivity index (χ2v) is 5.11. The van der Waals surface area contributed by atoms with Crippen LogP contribution in [0.3, 0.4) is 0 Å². The second kappa shape index (κ2) is 5.65. The molecular weight excluding hydrogens is 299 g/mol. The quantitative estimate of drug-likeness (QED) is 0.846. The molecule has 3 nitrogen and oxygen atoms in total. The third-order valence-electron chi connectivity index (χ3n) is 2.86. The number of rotatable bonds is 3. The summed E-state index contributed by atoms with van der Waals surface area (Å²) in [7, 11) is 0. The van der Waals surface area contributed by atoms with Crippen molar-refractivity contribution in [2.24, 2.45) is 0 Å². The first kappa shape index (κ1) is 14.6. The highest BCUT2D eigenvalue weighted by molar-refractivity contribution is 6.32. The first-order valence-corrected chi connectivity index (χ1v) is 6.49. The molecule has 2 rings (SSSR count). The van der Waals surface area contributed by atoms with E-state index in [1.807, 2.05) is 0 Å². The summed E-state index contributed by atoms with van der Waals surface area (Å²) in [5.74, 6) is -1.26. The van der Waals surface area contributed by atoms with Gasteiger partial charge in [0.1, 0.15) is 0 Å².